The molecule has 0 bridgehead atoms. The van der Waals surface area contributed by atoms with Crippen LogP contribution >= 0.6 is 11.3 Å². The Morgan fingerprint density at radius 1 is 0.958 bits per heavy atom. The van der Waals surface area contributed by atoms with E-state index in [2.05, 4.69) is 15.5 Å². The second kappa shape index (κ2) is 6.38. The number of nitrogens with one attached hydrogen (secondary N) is 1. The van der Waals surface area contributed by atoms with Gasteiger partial charge in [-0.25, -0.2) is 0 Å². The monoisotopic (exact) mass is 343 g/mol. The van der Waals surface area contributed by atoms with E-state index in [-0.39, 0.29) is 16.9 Å². The molecule has 0 amide bonds. The summed E-state index contributed by atoms with van der Waals surface area (Å²) < 4.78 is 0. The molecule has 1 heterocycles. The van der Waals surface area contributed by atoms with Crippen molar-refractivity contribution in [2.45, 2.75) is 0 Å². The molecule has 1 aromatic heterocycles. The van der Waals surface area contributed by atoms with Crippen LogP contribution in [0, 0.1) is 20.2 Å². The lowest BCUT2D eigenvalue weighted by Crippen LogP contribution is -1.95. The van der Waals surface area contributed by atoms with Crippen molar-refractivity contribution in [3.8, 4) is 10.6 Å². The van der Waals surface area contributed by atoms with E-state index in [1.165, 1.54) is 12.1 Å². The summed E-state index contributed by atoms with van der Waals surface area (Å²) in [7, 11) is 0. The summed E-state index contributed by atoms with van der Waals surface area (Å²) in [6.45, 7) is 0. The first kappa shape index (κ1) is 15.5. The number of aromatic nitrogens is 2. The Morgan fingerprint density at radius 3 is 2.38 bits per heavy atom. The van der Waals surface area contributed by atoms with Crippen LogP contribution in [0.2, 0.25) is 0 Å². The Hall–Kier alpha value is -3.40. The minimum absolute atomic E-state index is 0.184. The van der Waals surface area contributed by atoms with Crippen molar-refractivity contribution in [1.82, 2.24) is 10.2 Å². The number of para-hydroxylation sites is 1. The fraction of sp³-hybridized carbons (Fsp3) is 0. The maximum atomic E-state index is 11.2. The largest absolute Gasteiger partial charge is 0.330 e. The van der Waals surface area contributed by atoms with Gasteiger partial charge in [0, 0.05) is 11.8 Å². The first-order valence-electron chi connectivity index (χ1n) is 6.63. The van der Waals surface area contributed by atoms with Crippen molar-refractivity contribution in [3.63, 3.8) is 0 Å². The maximum absolute atomic E-state index is 11.2. The molecule has 9 nitrogen and oxygen atoms in total. The Kier molecular flexibility index (Phi) is 4.12. The first-order valence-corrected chi connectivity index (χ1v) is 7.45. The topological polar surface area (TPSA) is 124 Å². The minimum Gasteiger partial charge on any atom is -0.330 e. The van der Waals surface area contributed by atoms with Gasteiger partial charge in [-0.3, -0.25) is 20.2 Å². The van der Waals surface area contributed by atoms with Gasteiger partial charge >= 0.3 is 0 Å². The highest BCUT2D eigenvalue weighted by molar-refractivity contribution is 7.18. The molecule has 1 N–H and O–H groups in total. The van der Waals surface area contributed by atoms with Crippen LogP contribution in [0.15, 0.2) is 48.5 Å². The molecule has 0 aliphatic heterocycles. The van der Waals surface area contributed by atoms with Crippen LogP contribution in [0.25, 0.3) is 10.6 Å². The van der Waals surface area contributed by atoms with E-state index in [9.17, 15) is 20.2 Å². The van der Waals surface area contributed by atoms with E-state index in [0.29, 0.717) is 10.1 Å². The van der Waals surface area contributed by atoms with E-state index in [1.807, 2.05) is 30.3 Å². The third-order valence-corrected chi connectivity index (χ3v) is 3.94. The van der Waals surface area contributed by atoms with Gasteiger partial charge < -0.3 is 5.32 Å². The van der Waals surface area contributed by atoms with E-state index in [0.717, 1.165) is 23.1 Å². The Balaban J connectivity index is 1.95. The number of anilines is 2. The van der Waals surface area contributed by atoms with Crippen molar-refractivity contribution in [3.05, 3.63) is 68.8 Å². The fourth-order valence-electron chi connectivity index (χ4n) is 1.99. The summed E-state index contributed by atoms with van der Waals surface area (Å²) in [5.74, 6) is 0. The summed E-state index contributed by atoms with van der Waals surface area (Å²) >= 11 is 1.12. The second-order valence-corrected chi connectivity index (χ2v) is 5.60. The fourth-order valence-corrected chi connectivity index (χ4v) is 2.79. The summed E-state index contributed by atoms with van der Waals surface area (Å²) in [4.78, 5) is 20.6. The highest BCUT2D eigenvalue weighted by Gasteiger charge is 2.23. The van der Waals surface area contributed by atoms with Gasteiger partial charge in [-0.2, -0.15) is 0 Å². The van der Waals surface area contributed by atoms with E-state index in [4.69, 9.17) is 0 Å². The van der Waals surface area contributed by atoms with E-state index >= 15 is 0 Å². The number of nitro benzene ring substituents is 2. The zero-order valence-corrected chi connectivity index (χ0v) is 12.8. The Morgan fingerprint density at radius 2 is 1.71 bits per heavy atom. The standard InChI is InChI=1S/C14H9N5O4S/c20-18(21)10-6-7-11(12(8-10)19(22)23)13-16-17-14(24-13)15-9-4-2-1-3-5-9/h1-8H,(H,15,17). The Labute approximate surface area is 138 Å². The van der Waals surface area contributed by atoms with Crippen LogP contribution in [-0.4, -0.2) is 20.0 Å². The second-order valence-electron chi connectivity index (χ2n) is 4.62. The number of nitrogens with zero attached hydrogens (tertiary/aromatic N) is 4. The summed E-state index contributed by atoms with van der Waals surface area (Å²) in [6.07, 6.45) is 0. The molecule has 0 aliphatic rings. The quantitative estimate of drug-likeness (QED) is 0.552. The number of benzene rings is 2. The van der Waals surface area contributed by atoms with Crippen molar-refractivity contribution in [2.24, 2.45) is 0 Å². The molecule has 10 heteroatoms. The number of nitro groups is 2. The van der Waals surface area contributed by atoms with Gasteiger partial charge in [0.25, 0.3) is 11.4 Å². The molecule has 0 radical (unpaired) electrons. The normalized spacial score (nSPS) is 10.3. The number of hydrogen-bond acceptors (Lipinski definition) is 8. The molecule has 0 spiro atoms. The summed E-state index contributed by atoms with van der Waals surface area (Å²) in [5.41, 5.74) is 0.256. The molecule has 120 valence electrons. The van der Waals surface area contributed by atoms with Gasteiger partial charge in [-0.1, -0.05) is 29.5 Å². The molecule has 0 fully saturated rings. The minimum atomic E-state index is -0.681. The molecular formula is C14H9N5O4S. The smallest absolute Gasteiger partial charge is 0.286 e. The van der Waals surface area contributed by atoms with Crippen LogP contribution in [0.4, 0.5) is 22.2 Å². The zero-order valence-electron chi connectivity index (χ0n) is 11.9. The van der Waals surface area contributed by atoms with E-state index in [1.54, 1.807) is 0 Å². The van der Waals surface area contributed by atoms with Gasteiger partial charge in [-0.05, 0) is 18.2 Å². The lowest BCUT2D eigenvalue weighted by molar-refractivity contribution is -0.393. The zero-order chi connectivity index (χ0) is 17.1. The van der Waals surface area contributed by atoms with Gasteiger partial charge in [0.2, 0.25) is 5.13 Å². The lowest BCUT2D eigenvalue weighted by Gasteiger charge is -2.00. The van der Waals surface area contributed by atoms with Crippen LogP contribution in [-0.2, 0) is 0 Å². The van der Waals surface area contributed by atoms with Crippen molar-refractivity contribution >= 4 is 33.5 Å². The highest BCUT2D eigenvalue weighted by Crippen LogP contribution is 2.36. The third-order valence-electron chi connectivity index (χ3n) is 3.07. The average Bonchev–Trinajstić information content (AvgIpc) is 3.03. The van der Waals surface area contributed by atoms with Crippen molar-refractivity contribution in [1.29, 1.82) is 0 Å². The molecule has 0 aliphatic carbocycles. The molecule has 2 aromatic carbocycles. The van der Waals surface area contributed by atoms with Crippen molar-refractivity contribution < 1.29 is 9.85 Å². The maximum Gasteiger partial charge on any atom is 0.286 e. The Bertz CT molecular complexity index is 913. The third kappa shape index (κ3) is 3.17. The van der Waals surface area contributed by atoms with Crippen LogP contribution < -0.4 is 5.32 Å². The van der Waals surface area contributed by atoms with Gasteiger partial charge in [-0.15, -0.1) is 10.2 Å². The van der Waals surface area contributed by atoms with Gasteiger partial charge in [0.15, 0.2) is 5.01 Å². The van der Waals surface area contributed by atoms with E-state index < -0.39 is 9.85 Å². The number of rotatable bonds is 5. The molecule has 3 aromatic rings. The van der Waals surface area contributed by atoms with Crippen LogP contribution in [0.3, 0.4) is 0 Å². The predicted molar refractivity (Wildman–Crippen MR) is 88.4 cm³/mol. The lowest BCUT2D eigenvalue weighted by atomic mass is 10.1. The molecular weight excluding hydrogens is 334 g/mol. The molecule has 0 unspecified atom stereocenters. The number of non-ortho nitro benzene ring substituents is 1. The van der Waals surface area contributed by atoms with Crippen molar-refractivity contribution in [2.75, 3.05) is 5.32 Å². The summed E-state index contributed by atoms with van der Waals surface area (Å²) in [5, 5.41) is 33.7. The first-order chi connectivity index (χ1) is 11.5. The summed E-state index contributed by atoms with van der Waals surface area (Å²) in [6, 6.07) is 12.7. The molecule has 0 saturated carbocycles. The molecule has 24 heavy (non-hydrogen) atoms. The predicted octanol–water partition coefficient (Wildman–Crippen LogP) is 3.77. The van der Waals surface area contributed by atoms with Crippen LogP contribution in [0.5, 0.6) is 0 Å². The van der Waals surface area contributed by atoms with Gasteiger partial charge in [0.05, 0.1) is 21.5 Å². The SMILES string of the molecule is O=[N+]([O-])c1ccc(-c2nnc(Nc3ccccc3)s2)c([N+](=O)[O-])c1. The average molecular weight is 343 g/mol. The molecule has 0 atom stereocenters. The van der Waals surface area contributed by atoms with Gasteiger partial charge in [0.1, 0.15) is 0 Å². The molecule has 0 saturated heterocycles. The number of hydrogen-bond donors (Lipinski definition) is 1. The highest BCUT2D eigenvalue weighted by atomic mass is 32.1. The molecule has 3 rings (SSSR count). The van der Waals surface area contributed by atoms with Crippen LogP contribution in [0.1, 0.15) is 0 Å².